The predicted molar refractivity (Wildman–Crippen MR) is 90.1 cm³/mol. The van der Waals surface area contributed by atoms with E-state index in [1.54, 1.807) is 0 Å². The number of nitrogens with one attached hydrogen (secondary N) is 2. The molecule has 0 unspecified atom stereocenters. The van der Waals surface area contributed by atoms with Gasteiger partial charge in [0.2, 0.25) is 0 Å². The molecule has 9 heteroatoms. The topological polar surface area (TPSA) is 76.7 Å². The number of benzene rings is 2. The van der Waals surface area contributed by atoms with Crippen molar-refractivity contribution in [1.29, 1.82) is 0 Å². The number of carbonyl (C=O) groups is 2. The molecule has 3 rings (SSSR count). The second-order valence-corrected chi connectivity index (χ2v) is 5.79. The molecule has 2 aromatic carbocycles. The van der Waals surface area contributed by atoms with Crippen LogP contribution in [0.3, 0.4) is 0 Å². The number of halogens is 3. The predicted octanol–water partition coefficient (Wildman–Crippen LogP) is 3.75. The first kappa shape index (κ1) is 18.6. The number of anilines is 1. The van der Waals surface area contributed by atoms with Gasteiger partial charge in [0.25, 0.3) is 5.91 Å². The van der Waals surface area contributed by atoms with Gasteiger partial charge in [-0.25, -0.2) is 4.79 Å². The van der Waals surface area contributed by atoms with E-state index in [1.165, 1.54) is 37.3 Å². The van der Waals surface area contributed by atoms with Crippen molar-refractivity contribution in [1.82, 2.24) is 5.32 Å². The van der Waals surface area contributed by atoms with E-state index in [4.69, 9.17) is 9.47 Å². The van der Waals surface area contributed by atoms with Gasteiger partial charge in [0, 0.05) is 11.3 Å². The van der Waals surface area contributed by atoms with Gasteiger partial charge in [0.15, 0.2) is 11.5 Å². The highest BCUT2D eigenvalue weighted by Gasteiger charge is 2.32. The minimum atomic E-state index is -4.54. The highest BCUT2D eigenvalue weighted by atomic mass is 19.4. The molecule has 27 heavy (non-hydrogen) atoms. The van der Waals surface area contributed by atoms with E-state index in [9.17, 15) is 22.8 Å². The van der Waals surface area contributed by atoms with Crippen molar-refractivity contribution >= 4 is 17.6 Å². The summed E-state index contributed by atoms with van der Waals surface area (Å²) in [4.78, 5) is 24.1. The molecule has 142 valence electrons. The van der Waals surface area contributed by atoms with Gasteiger partial charge in [-0.3, -0.25) is 10.1 Å². The van der Waals surface area contributed by atoms with Gasteiger partial charge in [-0.15, -0.1) is 0 Å². The molecule has 1 heterocycles. The Morgan fingerprint density at radius 3 is 2.41 bits per heavy atom. The average Bonchev–Trinajstić information content (AvgIpc) is 2.62. The van der Waals surface area contributed by atoms with Crippen LogP contribution >= 0.6 is 0 Å². The molecule has 0 fully saturated rings. The minimum Gasteiger partial charge on any atom is -0.486 e. The normalized spacial score (nSPS) is 13.0. The number of urea groups is 1. The van der Waals surface area contributed by atoms with Crippen LogP contribution in [0, 0.1) is 6.92 Å². The summed E-state index contributed by atoms with van der Waals surface area (Å²) in [6.07, 6.45) is -4.54. The molecule has 0 atom stereocenters. The van der Waals surface area contributed by atoms with E-state index in [-0.39, 0.29) is 16.8 Å². The Kier molecular flexibility index (Phi) is 4.93. The van der Waals surface area contributed by atoms with Gasteiger partial charge in [-0.2, -0.15) is 13.2 Å². The van der Waals surface area contributed by atoms with E-state index in [2.05, 4.69) is 10.6 Å². The lowest BCUT2D eigenvalue weighted by atomic mass is 10.1. The zero-order valence-corrected chi connectivity index (χ0v) is 14.1. The van der Waals surface area contributed by atoms with Crippen molar-refractivity contribution in [3.63, 3.8) is 0 Å². The summed E-state index contributed by atoms with van der Waals surface area (Å²) in [6.45, 7) is 2.06. The van der Waals surface area contributed by atoms with Gasteiger partial charge in [0.1, 0.15) is 13.2 Å². The maximum atomic E-state index is 12.9. The number of carbonyl (C=O) groups excluding carboxylic acids is 2. The zero-order valence-electron chi connectivity index (χ0n) is 14.1. The lowest BCUT2D eigenvalue weighted by Crippen LogP contribution is -2.34. The Bertz CT molecular complexity index is 897. The Hall–Kier alpha value is -3.23. The van der Waals surface area contributed by atoms with E-state index in [0.717, 1.165) is 6.07 Å². The fourth-order valence-corrected chi connectivity index (χ4v) is 2.53. The number of fused-ring (bicyclic) bond motifs is 1. The summed E-state index contributed by atoms with van der Waals surface area (Å²) in [6, 6.07) is 6.82. The highest BCUT2D eigenvalue weighted by molar-refractivity contribution is 6.08. The minimum absolute atomic E-state index is 0.0285. The smallest absolute Gasteiger partial charge is 0.416 e. The molecular weight excluding hydrogens is 365 g/mol. The van der Waals surface area contributed by atoms with Crippen LogP contribution in [0.1, 0.15) is 21.5 Å². The Labute approximate surface area is 152 Å². The third-order valence-corrected chi connectivity index (χ3v) is 3.83. The van der Waals surface area contributed by atoms with Crippen molar-refractivity contribution in [3.8, 4) is 11.5 Å². The highest BCUT2D eigenvalue weighted by Crippen LogP contribution is 2.33. The van der Waals surface area contributed by atoms with Crippen molar-refractivity contribution in [3.05, 3.63) is 53.1 Å². The molecule has 6 nitrogen and oxygen atoms in total. The SMILES string of the molecule is Cc1ccc(NC(=O)NC(=O)c2ccc3c(c2)OCCO3)cc1C(F)(F)F. The third kappa shape index (κ3) is 4.30. The largest absolute Gasteiger partial charge is 0.486 e. The van der Waals surface area contributed by atoms with Crippen LogP contribution in [0.25, 0.3) is 0 Å². The Morgan fingerprint density at radius 2 is 1.70 bits per heavy atom. The quantitative estimate of drug-likeness (QED) is 0.832. The molecule has 0 aliphatic carbocycles. The number of ether oxygens (including phenoxy) is 2. The summed E-state index contributed by atoms with van der Waals surface area (Å²) >= 11 is 0. The summed E-state index contributed by atoms with van der Waals surface area (Å²) in [5.41, 5.74) is -0.769. The summed E-state index contributed by atoms with van der Waals surface area (Å²) < 4.78 is 49.5. The van der Waals surface area contributed by atoms with Crippen LogP contribution in [-0.4, -0.2) is 25.2 Å². The van der Waals surface area contributed by atoms with Crippen LogP contribution in [0.5, 0.6) is 11.5 Å². The molecule has 3 amide bonds. The van der Waals surface area contributed by atoms with Crippen molar-refractivity contribution < 1.29 is 32.2 Å². The Balaban J connectivity index is 1.68. The van der Waals surface area contributed by atoms with Gasteiger partial charge in [-0.1, -0.05) is 6.07 Å². The monoisotopic (exact) mass is 380 g/mol. The first-order chi connectivity index (χ1) is 12.7. The third-order valence-electron chi connectivity index (χ3n) is 3.83. The number of rotatable bonds is 2. The van der Waals surface area contributed by atoms with Crippen LogP contribution in [-0.2, 0) is 6.18 Å². The van der Waals surface area contributed by atoms with Crippen molar-refractivity contribution in [2.75, 3.05) is 18.5 Å². The maximum absolute atomic E-state index is 12.9. The van der Waals surface area contributed by atoms with Crippen LogP contribution in [0.4, 0.5) is 23.7 Å². The number of amides is 3. The Morgan fingerprint density at radius 1 is 1.00 bits per heavy atom. The molecule has 2 N–H and O–H groups in total. The number of hydrogen-bond acceptors (Lipinski definition) is 4. The molecule has 0 bridgehead atoms. The van der Waals surface area contributed by atoms with Crippen LogP contribution in [0.2, 0.25) is 0 Å². The summed E-state index contributed by atoms with van der Waals surface area (Å²) in [7, 11) is 0. The standard InChI is InChI=1S/C18H15F3N2O4/c1-10-2-4-12(9-13(10)18(19,20)21)22-17(25)23-16(24)11-3-5-14-15(8-11)27-7-6-26-14/h2-5,8-9H,6-7H2,1H3,(H2,22,23,24,25). The number of imide groups is 1. The van der Waals surface area contributed by atoms with Gasteiger partial charge in [-0.05, 0) is 42.8 Å². The average molecular weight is 380 g/mol. The second kappa shape index (κ2) is 7.18. The molecular formula is C18H15F3N2O4. The first-order valence-electron chi connectivity index (χ1n) is 7.94. The maximum Gasteiger partial charge on any atom is 0.416 e. The van der Waals surface area contributed by atoms with Crippen LogP contribution in [0.15, 0.2) is 36.4 Å². The molecule has 0 spiro atoms. The van der Waals surface area contributed by atoms with E-state index in [0.29, 0.717) is 24.7 Å². The molecule has 1 aliphatic heterocycles. The van der Waals surface area contributed by atoms with E-state index in [1.807, 2.05) is 0 Å². The summed E-state index contributed by atoms with van der Waals surface area (Å²) in [5.74, 6) is 0.136. The fraction of sp³-hybridized carbons (Fsp3) is 0.222. The number of aryl methyl sites for hydroxylation is 1. The molecule has 0 aromatic heterocycles. The lowest BCUT2D eigenvalue weighted by Gasteiger charge is -2.18. The van der Waals surface area contributed by atoms with Gasteiger partial charge in [0.05, 0.1) is 5.56 Å². The second-order valence-electron chi connectivity index (χ2n) is 5.79. The molecule has 0 radical (unpaired) electrons. The number of alkyl halides is 3. The van der Waals surface area contributed by atoms with E-state index < -0.39 is 23.7 Å². The van der Waals surface area contributed by atoms with Crippen molar-refractivity contribution in [2.45, 2.75) is 13.1 Å². The lowest BCUT2D eigenvalue weighted by molar-refractivity contribution is -0.138. The van der Waals surface area contributed by atoms with Crippen LogP contribution < -0.4 is 20.1 Å². The van der Waals surface area contributed by atoms with Gasteiger partial charge < -0.3 is 14.8 Å². The molecule has 0 saturated heterocycles. The van der Waals surface area contributed by atoms with Crippen molar-refractivity contribution in [2.24, 2.45) is 0 Å². The first-order valence-corrected chi connectivity index (χ1v) is 7.94. The molecule has 1 aliphatic rings. The zero-order chi connectivity index (χ0) is 19.6. The number of hydrogen-bond donors (Lipinski definition) is 2. The summed E-state index contributed by atoms with van der Waals surface area (Å²) in [5, 5.41) is 4.28. The van der Waals surface area contributed by atoms with Gasteiger partial charge >= 0.3 is 12.2 Å². The van der Waals surface area contributed by atoms with E-state index >= 15 is 0 Å². The molecule has 2 aromatic rings. The molecule has 0 saturated carbocycles. The fourth-order valence-electron chi connectivity index (χ4n) is 2.53.